The molecule has 8 heteroatoms. The molecule has 7 nitrogen and oxygen atoms in total. The Labute approximate surface area is 179 Å². The molecule has 30 heavy (non-hydrogen) atoms. The number of fused-ring (bicyclic) bond motifs is 1. The minimum Gasteiger partial charge on any atom is -0.378 e. The Balaban J connectivity index is 1.45. The van der Waals surface area contributed by atoms with Gasteiger partial charge < -0.3 is 20.3 Å². The molecule has 2 aromatic carbocycles. The van der Waals surface area contributed by atoms with Crippen molar-refractivity contribution >= 4 is 44.2 Å². The minimum atomic E-state index is -0.372. The van der Waals surface area contributed by atoms with E-state index in [1.54, 1.807) is 11.3 Å². The lowest BCUT2D eigenvalue weighted by atomic mass is 10.0. The van der Waals surface area contributed by atoms with Crippen LogP contribution in [0.25, 0.3) is 10.2 Å². The maximum absolute atomic E-state index is 12.7. The number of aromatic nitrogens is 1. The first-order valence-corrected chi connectivity index (χ1v) is 10.8. The van der Waals surface area contributed by atoms with Gasteiger partial charge in [-0.25, -0.2) is 4.98 Å². The molecule has 2 amide bonds. The molecule has 0 spiro atoms. The molecule has 0 aliphatic carbocycles. The SMILES string of the molecule is CC(=O)NC(CC(=O)Nc1ccc2nc(N3CCOCC3)sc2c1)c1ccccc1. The van der Waals surface area contributed by atoms with Crippen LogP contribution in [0.5, 0.6) is 0 Å². The van der Waals surface area contributed by atoms with E-state index in [9.17, 15) is 9.59 Å². The number of hydrogen-bond donors (Lipinski definition) is 2. The van der Waals surface area contributed by atoms with Gasteiger partial charge in [-0.3, -0.25) is 9.59 Å². The Hall–Kier alpha value is -2.97. The van der Waals surface area contributed by atoms with Crippen LogP contribution in [0.1, 0.15) is 24.9 Å². The zero-order valence-electron chi connectivity index (χ0n) is 16.8. The van der Waals surface area contributed by atoms with E-state index < -0.39 is 0 Å². The summed E-state index contributed by atoms with van der Waals surface area (Å²) in [6, 6.07) is 14.9. The van der Waals surface area contributed by atoms with Crippen LogP contribution < -0.4 is 15.5 Å². The number of carbonyl (C=O) groups excluding carboxylic acids is 2. The van der Waals surface area contributed by atoms with Crippen molar-refractivity contribution in [1.82, 2.24) is 10.3 Å². The van der Waals surface area contributed by atoms with Crippen molar-refractivity contribution in [2.45, 2.75) is 19.4 Å². The van der Waals surface area contributed by atoms with Gasteiger partial charge >= 0.3 is 0 Å². The van der Waals surface area contributed by atoms with Crippen LogP contribution in [0.4, 0.5) is 10.8 Å². The van der Waals surface area contributed by atoms with Crippen molar-refractivity contribution in [3.05, 3.63) is 54.1 Å². The second kappa shape index (κ2) is 9.23. The maximum atomic E-state index is 12.7. The fourth-order valence-corrected chi connectivity index (χ4v) is 4.52. The summed E-state index contributed by atoms with van der Waals surface area (Å²) in [5.74, 6) is -0.326. The standard InChI is InChI=1S/C22H24N4O3S/c1-15(27)23-19(16-5-3-2-4-6-16)14-21(28)24-17-7-8-18-20(13-17)30-22(25-18)26-9-11-29-12-10-26/h2-8,13,19H,9-12,14H2,1H3,(H,23,27)(H,24,28). The average Bonchev–Trinajstić information content (AvgIpc) is 3.18. The third-order valence-corrected chi connectivity index (χ3v) is 5.99. The van der Waals surface area contributed by atoms with E-state index in [0.29, 0.717) is 13.2 Å². The Kier molecular flexibility index (Phi) is 6.25. The first kappa shape index (κ1) is 20.3. The number of thiazole rings is 1. The van der Waals surface area contributed by atoms with Crippen molar-refractivity contribution in [2.75, 3.05) is 36.5 Å². The molecule has 1 aliphatic rings. The zero-order chi connectivity index (χ0) is 20.9. The lowest BCUT2D eigenvalue weighted by molar-refractivity contribution is -0.120. The predicted octanol–water partition coefficient (Wildman–Crippen LogP) is 3.34. The van der Waals surface area contributed by atoms with Gasteiger partial charge in [0.2, 0.25) is 11.8 Å². The van der Waals surface area contributed by atoms with Crippen LogP contribution in [-0.2, 0) is 14.3 Å². The molecular formula is C22H24N4O3S. The summed E-state index contributed by atoms with van der Waals surface area (Å²) >= 11 is 1.62. The Morgan fingerprint density at radius 3 is 2.67 bits per heavy atom. The van der Waals surface area contributed by atoms with Gasteiger partial charge in [0.1, 0.15) is 0 Å². The highest BCUT2D eigenvalue weighted by atomic mass is 32.1. The van der Waals surface area contributed by atoms with Crippen molar-refractivity contribution in [3.8, 4) is 0 Å². The van der Waals surface area contributed by atoms with Crippen LogP contribution in [0.15, 0.2) is 48.5 Å². The molecule has 4 rings (SSSR count). The van der Waals surface area contributed by atoms with Gasteiger partial charge in [-0.05, 0) is 23.8 Å². The van der Waals surface area contributed by atoms with Crippen LogP contribution in [-0.4, -0.2) is 43.1 Å². The Morgan fingerprint density at radius 1 is 1.17 bits per heavy atom. The first-order chi connectivity index (χ1) is 14.6. The second-order valence-electron chi connectivity index (χ2n) is 7.19. The van der Waals surface area contributed by atoms with E-state index in [0.717, 1.165) is 39.7 Å². The van der Waals surface area contributed by atoms with Crippen molar-refractivity contribution in [1.29, 1.82) is 0 Å². The van der Waals surface area contributed by atoms with Gasteiger partial charge in [-0.15, -0.1) is 0 Å². The lowest BCUT2D eigenvalue weighted by Crippen LogP contribution is -2.36. The van der Waals surface area contributed by atoms with E-state index in [4.69, 9.17) is 9.72 Å². The third kappa shape index (κ3) is 4.95. The molecule has 0 radical (unpaired) electrons. The average molecular weight is 425 g/mol. The first-order valence-electron chi connectivity index (χ1n) is 9.93. The van der Waals surface area contributed by atoms with Gasteiger partial charge in [0.25, 0.3) is 0 Å². The Bertz CT molecular complexity index is 1030. The van der Waals surface area contributed by atoms with E-state index in [-0.39, 0.29) is 24.3 Å². The summed E-state index contributed by atoms with van der Waals surface area (Å²) < 4.78 is 6.43. The van der Waals surface area contributed by atoms with Crippen molar-refractivity contribution < 1.29 is 14.3 Å². The number of anilines is 2. The number of nitrogens with one attached hydrogen (secondary N) is 2. The molecule has 1 aromatic heterocycles. The monoisotopic (exact) mass is 424 g/mol. The number of amides is 2. The highest BCUT2D eigenvalue weighted by molar-refractivity contribution is 7.22. The van der Waals surface area contributed by atoms with Crippen LogP contribution in [0, 0.1) is 0 Å². The number of rotatable bonds is 6. The molecule has 1 saturated heterocycles. The normalized spacial score (nSPS) is 15.0. The summed E-state index contributed by atoms with van der Waals surface area (Å²) in [6.45, 7) is 4.57. The van der Waals surface area contributed by atoms with Gasteiger partial charge in [-0.1, -0.05) is 41.7 Å². The molecule has 1 atom stereocenters. The molecule has 3 aromatic rings. The number of nitrogens with zero attached hydrogens (tertiary/aromatic N) is 2. The summed E-state index contributed by atoms with van der Waals surface area (Å²) in [5.41, 5.74) is 2.54. The molecule has 1 aliphatic heterocycles. The third-order valence-electron chi connectivity index (χ3n) is 4.91. The molecular weight excluding hydrogens is 400 g/mol. The van der Waals surface area contributed by atoms with Gasteiger partial charge in [0.05, 0.1) is 35.9 Å². The minimum absolute atomic E-state index is 0.156. The molecule has 0 bridgehead atoms. The smallest absolute Gasteiger partial charge is 0.226 e. The van der Waals surface area contributed by atoms with Crippen LogP contribution in [0.2, 0.25) is 0 Å². The number of carbonyl (C=O) groups is 2. The number of benzene rings is 2. The van der Waals surface area contributed by atoms with E-state index in [1.807, 2.05) is 48.5 Å². The van der Waals surface area contributed by atoms with E-state index >= 15 is 0 Å². The fraction of sp³-hybridized carbons (Fsp3) is 0.318. The topological polar surface area (TPSA) is 83.6 Å². The molecule has 2 N–H and O–H groups in total. The number of ether oxygens (including phenoxy) is 1. The van der Waals surface area contributed by atoms with Gasteiger partial charge in [0.15, 0.2) is 5.13 Å². The van der Waals surface area contributed by atoms with Crippen molar-refractivity contribution in [2.24, 2.45) is 0 Å². The summed E-state index contributed by atoms with van der Waals surface area (Å²) in [6.07, 6.45) is 0.156. The van der Waals surface area contributed by atoms with Crippen LogP contribution >= 0.6 is 11.3 Å². The second-order valence-corrected chi connectivity index (χ2v) is 8.20. The van der Waals surface area contributed by atoms with Crippen LogP contribution in [0.3, 0.4) is 0 Å². The Morgan fingerprint density at radius 2 is 1.93 bits per heavy atom. The summed E-state index contributed by atoms with van der Waals surface area (Å²) in [7, 11) is 0. The maximum Gasteiger partial charge on any atom is 0.226 e. The zero-order valence-corrected chi connectivity index (χ0v) is 17.6. The highest BCUT2D eigenvalue weighted by Crippen LogP contribution is 2.31. The predicted molar refractivity (Wildman–Crippen MR) is 119 cm³/mol. The largest absolute Gasteiger partial charge is 0.378 e. The quantitative estimate of drug-likeness (QED) is 0.634. The molecule has 1 unspecified atom stereocenters. The summed E-state index contributed by atoms with van der Waals surface area (Å²) in [5, 5.41) is 6.79. The van der Waals surface area contributed by atoms with Gasteiger partial charge in [-0.2, -0.15) is 0 Å². The van der Waals surface area contributed by atoms with Crippen molar-refractivity contribution in [3.63, 3.8) is 0 Å². The van der Waals surface area contributed by atoms with E-state index in [1.165, 1.54) is 6.92 Å². The molecule has 0 saturated carbocycles. The number of morpholine rings is 1. The molecule has 156 valence electrons. The number of hydrogen-bond acceptors (Lipinski definition) is 6. The van der Waals surface area contributed by atoms with Gasteiger partial charge in [0, 0.05) is 25.7 Å². The highest BCUT2D eigenvalue weighted by Gasteiger charge is 2.18. The summed E-state index contributed by atoms with van der Waals surface area (Å²) in [4.78, 5) is 31.2. The lowest BCUT2D eigenvalue weighted by Gasteiger charge is -2.25. The van der Waals surface area contributed by atoms with E-state index in [2.05, 4.69) is 15.5 Å². The molecule has 2 heterocycles. The fourth-order valence-electron chi connectivity index (χ4n) is 3.46. The molecule has 1 fully saturated rings.